The summed E-state index contributed by atoms with van der Waals surface area (Å²) in [6, 6.07) is 8.31. The molecule has 3 heterocycles. The third kappa shape index (κ3) is 3.74. The molecule has 2 saturated heterocycles. The molecule has 0 spiro atoms. The first-order valence-electron chi connectivity index (χ1n) is 9.22. The zero-order valence-corrected chi connectivity index (χ0v) is 14.4. The van der Waals surface area contributed by atoms with Crippen LogP contribution in [-0.4, -0.2) is 40.6 Å². The maximum atomic E-state index is 12.0. The minimum Gasteiger partial charge on any atom is -0.355 e. The highest BCUT2D eigenvalue weighted by Crippen LogP contribution is 2.26. The van der Waals surface area contributed by atoms with Gasteiger partial charge < -0.3 is 9.84 Å². The number of likely N-dealkylation sites (tertiary alicyclic amines) is 1. The minimum absolute atomic E-state index is 0.0136. The van der Waals surface area contributed by atoms with Crippen molar-refractivity contribution in [3.05, 3.63) is 35.7 Å². The second-order valence-corrected chi connectivity index (χ2v) is 6.98. The molecule has 0 radical (unpaired) electrons. The first-order valence-corrected chi connectivity index (χ1v) is 9.22. The van der Waals surface area contributed by atoms with Gasteiger partial charge in [-0.3, -0.25) is 9.69 Å². The van der Waals surface area contributed by atoms with E-state index in [2.05, 4.69) is 32.5 Å². The molecule has 2 aromatic rings. The van der Waals surface area contributed by atoms with Gasteiger partial charge in [0.2, 0.25) is 17.6 Å². The van der Waals surface area contributed by atoms with Crippen LogP contribution in [0.2, 0.25) is 0 Å². The van der Waals surface area contributed by atoms with Crippen LogP contribution in [0.1, 0.15) is 49.5 Å². The molecular weight excluding hydrogens is 316 g/mol. The van der Waals surface area contributed by atoms with E-state index in [-0.39, 0.29) is 11.8 Å². The fourth-order valence-corrected chi connectivity index (χ4v) is 3.69. The number of piperidine rings is 2. The van der Waals surface area contributed by atoms with E-state index < -0.39 is 0 Å². The molecule has 0 saturated carbocycles. The lowest BCUT2D eigenvalue weighted by atomic mass is 9.99. The Morgan fingerprint density at radius 1 is 1.20 bits per heavy atom. The third-order valence-electron chi connectivity index (χ3n) is 5.07. The molecule has 4 rings (SSSR count). The van der Waals surface area contributed by atoms with Crippen LogP contribution in [0.4, 0.5) is 0 Å². The number of rotatable bonds is 4. The van der Waals surface area contributed by atoms with Crippen LogP contribution < -0.4 is 5.32 Å². The third-order valence-corrected chi connectivity index (χ3v) is 5.07. The van der Waals surface area contributed by atoms with Crippen molar-refractivity contribution in [1.82, 2.24) is 20.4 Å². The topological polar surface area (TPSA) is 71.3 Å². The number of hydrogen-bond donors (Lipinski definition) is 1. The molecule has 2 aliphatic rings. The van der Waals surface area contributed by atoms with E-state index >= 15 is 0 Å². The van der Waals surface area contributed by atoms with Crippen LogP contribution in [0.5, 0.6) is 0 Å². The molecule has 1 aromatic heterocycles. The van der Waals surface area contributed by atoms with Gasteiger partial charge in [0.1, 0.15) is 5.92 Å². The van der Waals surface area contributed by atoms with E-state index in [1.807, 2.05) is 12.1 Å². The molecule has 25 heavy (non-hydrogen) atoms. The van der Waals surface area contributed by atoms with Gasteiger partial charge in [0.15, 0.2) is 0 Å². The van der Waals surface area contributed by atoms with Crippen LogP contribution in [0, 0.1) is 0 Å². The van der Waals surface area contributed by atoms with E-state index in [1.54, 1.807) is 0 Å². The lowest BCUT2D eigenvalue weighted by molar-refractivity contribution is -0.124. The average Bonchev–Trinajstić information content (AvgIpc) is 3.13. The molecule has 6 heteroatoms. The summed E-state index contributed by atoms with van der Waals surface area (Å²) in [5, 5.41) is 6.97. The summed E-state index contributed by atoms with van der Waals surface area (Å²) in [5.41, 5.74) is 2.21. The molecule has 1 aromatic carbocycles. The van der Waals surface area contributed by atoms with E-state index in [1.165, 1.54) is 37.9 Å². The molecule has 2 aliphatic heterocycles. The van der Waals surface area contributed by atoms with Gasteiger partial charge in [-0.25, -0.2) is 0 Å². The fraction of sp³-hybridized carbons (Fsp3) is 0.526. The van der Waals surface area contributed by atoms with E-state index in [9.17, 15) is 4.79 Å². The largest absolute Gasteiger partial charge is 0.355 e. The van der Waals surface area contributed by atoms with Crippen LogP contribution in [0.15, 0.2) is 28.8 Å². The Balaban J connectivity index is 1.50. The Bertz CT molecular complexity index is 737. The maximum absolute atomic E-state index is 12.0. The lowest BCUT2D eigenvalue weighted by Gasteiger charge is -2.26. The Hall–Kier alpha value is -2.21. The summed E-state index contributed by atoms with van der Waals surface area (Å²) in [6.07, 6.45) is 5.63. The van der Waals surface area contributed by atoms with Crippen molar-refractivity contribution < 1.29 is 9.32 Å². The van der Waals surface area contributed by atoms with Crippen LogP contribution in [-0.2, 0) is 11.3 Å². The summed E-state index contributed by atoms with van der Waals surface area (Å²) in [4.78, 5) is 19.0. The SMILES string of the molecule is O=C1NCCC[C@H]1c1nc(-c2cccc(CN3CCCCC3)c2)no1. The normalized spacial score (nSPS) is 21.9. The standard InChI is InChI=1S/C19H24N4O2/c24-18-16(8-5-9-20-18)19-21-17(22-25-19)15-7-4-6-14(12-15)13-23-10-2-1-3-11-23/h4,6-7,12,16H,1-3,5,8-11,13H2,(H,20,24)/t16-/m1/s1. The predicted octanol–water partition coefficient (Wildman–Crippen LogP) is 2.72. The van der Waals surface area contributed by atoms with Gasteiger partial charge in [0.05, 0.1) is 0 Å². The predicted molar refractivity (Wildman–Crippen MR) is 93.8 cm³/mol. The van der Waals surface area contributed by atoms with E-state index in [0.29, 0.717) is 11.7 Å². The number of nitrogens with zero attached hydrogens (tertiary/aromatic N) is 3. The molecule has 0 unspecified atom stereocenters. The van der Waals surface area contributed by atoms with Crippen molar-refractivity contribution in [3.8, 4) is 11.4 Å². The Labute approximate surface area is 147 Å². The second kappa shape index (κ2) is 7.35. The zero-order chi connectivity index (χ0) is 17.1. The Morgan fingerprint density at radius 2 is 2.08 bits per heavy atom. The monoisotopic (exact) mass is 340 g/mol. The highest BCUT2D eigenvalue weighted by atomic mass is 16.5. The van der Waals surface area contributed by atoms with Crippen molar-refractivity contribution in [2.45, 2.75) is 44.6 Å². The molecule has 6 nitrogen and oxygen atoms in total. The zero-order valence-electron chi connectivity index (χ0n) is 14.4. The lowest BCUT2D eigenvalue weighted by Crippen LogP contribution is -2.35. The summed E-state index contributed by atoms with van der Waals surface area (Å²) in [7, 11) is 0. The molecule has 0 bridgehead atoms. The van der Waals surface area contributed by atoms with Crippen molar-refractivity contribution >= 4 is 5.91 Å². The van der Waals surface area contributed by atoms with Crippen molar-refractivity contribution in [2.24, 2.45) is 0 Å². The van der Waals surface area contributed by atoms with Crippen LogP contribution in [0.25, 0.3) is 11.4 Å². The van der Waals surface area contributed by atoms with Gasteiger partial charge in [-0.15, -0.1) is 0 Å². The molecule has 1 amide bonds. The number of aromatic nitrogens is 2. The molecule has 2 fully saturated rings. The second-order valence-electron chi connectivity index (χ2n) is 6.98. The molecular formula is C19H24N4O2. The number of carbonyl (C=O) groups is 1. The average molecular weight is 340 g/mol. The number of hydrogen-bond acceptors (Lipinski definition) is 5. The number of nitrogens with one attached hydrogen (secondary N) is 1. The summed E-state index contributed by atoms with van der Waals surface area (Å²) < 4.78 is 5.39. The first kappa shape index (κ1) is 16.3. The minimum atomic E-state index is -0.313. The van der Waals surface area contributed by atoms with Crippen molar-refractivity contribution in [3.63, 3.8) is 0 Å². The molecule has 132 valence electrons. The Kier molecular flexibility index (Phi) is 4.78. The van der Waals surface area contributed by atoms with Crippen molar-refractivity contribution in [2.75, 3.05) is 19.6 Å². The smallest absolute Gasteiger partial charge is 0.239 e. The van der Waals surface area contributed by atoms with Gasteiger partial charge >= 0.3 is 0 Å². The van der Waals surface area contributed by atoms with Gasteiger partial charge in [0.25, 0.3) is 0 Å². The first-order chi connectivity index (χ1) is 12.3. The van der Waals surface area contributed by atoms with Gasteiger partial charge in [-0.05, 0) is 50.4 Å². The molecule has 1 atom stereocenters. The number of carbonyl (C=O) groups excluding carboxylic acids is 1. The highest BCUT2D eigenvalue weighted by Gasteiger charge is 2.29. The molecule has 0 aliphatic carbocycles. The highest BCUT2D eigenvalue weighted by molar-refractivity contribution is 5.83. The van der Waals surface area contributed by atoms with E-state index in [4.69, 9.17) is 4.52 Å². The number of benzene rings is 1. The summed E-state index contributed by atoms with van der Waals surface area (Å²) in [5.74, 6) is 0.661. The summed E-state index contributed by atoms with van der Waals surface area (Å²) in [6.45, 7) is 4.04. The summed E-state index contributed by atoms with van der Waals surface area (Å²) >= 11 is 0. The van der Waals surface area contributed by atoms with Gasteiger partial charge in [-0.1, -0.05) is 29.8 Å². The molecule has 1 N–H and O–H groups in total. The van der Waals surface area contributed by atoms with Gasteiger partial charge in [-0.2, -0.15) is 4.98 Å². The Morgan fingerprint density at radius 3 is 2.92 bits per heavy atom. The maximum Gasteiger partial charge on any atom is 0.239 e. The van der Waals surface area contributed by atoms with Crippen molar-refractivity contribution in [1.29, 1.82) is 0 Å². The quantitative estimate of drug-likeness (QED) is 0.926. The van der Waals surface area contributed by atoms with Gasteiger partial charge in [0, 0.05) is 18.7 Å². The van der Waals surface area contributed by atoms with Crippen LogP contribution in [0.3, 0.4) is 0 Å². The van der Waals surface area contributed by atoms with E-state index in [0.717, 1.165) is 31.5 Å². The number of amides is 1. The fourth-order valence-electron chi connectivity index (χ4n) is 3.69. The van der Waals surface area contributed by atoms with Crippen LogP contribution >= 0.6 is 0 Å².